The van der Waals surface area contributed by atoms with E-state index in [2.05, 4.69) is 170 Å². The molecular weight excluding hydrogens is 747 g/mol. The van der Waals surface area contributed by atoms with Crippen molar-refractivity contribution in [1.29, 1.82) is 0 Å². The van der Waals surface area contributed by atoms with E-state index >= 15 is 0 Å². The summed E-state index contributed by atoms with van der Waals surface area (Å²) in [7, 11) is 0. The quantitative estimate of drug-likeness (QED) is 0.148. The molecule has 4 aliphatic carbocycles. The average molecular weight is 808 g/mol. The Morgan fingerprint density at radius 1 is 0.387 bits per heavy atom. The van der Waals surface area contributed by atoms with E-state index in [0.29, 0.717) is 5.92 Å². The van der Waals surface area contributed by atoms with Gasteiger partial charge in [-0.1, -0.05) is 162 Å². The molecule has 0 atom stereocenters. The zero-order chi connectivity index (χ0) is 41.6. The average Bonchev–Trinajstić information content (AvgIpc) is 3.57. The minimum atomic E-state index is -0.0784. The van der Waals surface area contributed by atoms with Gasteiger partial charge in [0, 0.05) is 22.5 Å². The van der Waals surface area contributed by atoms with E-state index in [1.165, 1.54) is 173 Å². The Morgan fingerprint density at radius 3 is 1.71 bits per heavy atom. The standard InChI is InChI=1S/C61H61N/c1-61(2)59-23-12-11-22-56(59)57-37-36-54(41-60(57)61)62(52-32-28-45(29-33-52)49-20-13-19-48(38-49)43-16-7-4-8-17-43)53-34-30-47(31-35-53)58-40-51(39-50-18-9-10-21-55(50)58)46-26-24-44(25-27-46)42-14-5-3-6-15-42/h11-13,19-20,22-43H,3-10,14-18,21H2,1-2H3. The van der Waals surface area contributed by atoms with Crippen LogP contribution in [0.1, 0.15) is 136 Å². The Hall–Kier alpha value is -5.66. The van der Waals surface area contributed by atoms with Crippen LogP contribution in [0.25, 0.3) is 44.5 Å². The molecule has 62 heavy (non-hydrogen) atoms. The van der Waals surface area contributed by atoms with E-state index in [1.54, 1.807) is 5.56 Å². The molecule has 4 aliphatic rings. The number of nitrogens with zero attached hydrogens (tertiary/aromatic N) is 1. The Bertz CT molecular complexity index is 2700. The SMILES string of the molecule is CC1(C)c2ccccc2-c2ccc(N(c3ccc(-c4cccc(C5CCCCC5)c4)cc3)c3ccc(-c4cc(-c5ccc(C6CCCCC6)cc5)cc5c4CCCC5)cc3)cc21. The van der Waals surface area contributed by atoms with Crippen molar-refractivity contribution in [2.24, 2.45) is 0 Å². The monoisotopic (exact) mass is 807 g/mol. The van der Waals surface area contributed by atoms with Gasteiger partial charge in [-0.3, -0.25) is 0 Å². The van der Waals surface area contributed by atoms with Gasteiger partial charge >= 0.3 is 0 Å². The van der Waals surface area contributed by atoms with E-state index in [1.807, 2.05) is 0 Å². The van der Waals surface area contributed by atoms with Crippen molar-refractivity contribution in [3.05, 3.63) is 185 Å². The van der Waals surface area contributed by atoms with Crippen LogP contribution in [0.4, 0.5) is 17.1 Å². The van der Waals surface area contributed by atoms with E-state index < -0.39 is 0 Å². The van der Waals surface area contributed by atoms with Gasteiger partial charge in [0.2, 0.25) is 0 Å². The Balaban J connectivity index is 0.961. The van der Waals surface area contributed by atoms with Gasteiger partial charge in [0.05, 0.1) is 0 Å². The van der Waals surface area contributed by atoms with E-state index in [0.717, 1.165) is 12.3 Å². The van der Waals surface area contributed by atoms with Crippen molar-refractivity contribution >= 4 is 17.1 Å². The Labute approximate surface area is 370 Å². The second-order valence-electron chi connectivity index (χ2n) is 19.6. The third kappa shape index (κ3) is 7.32. The summed E-state index contributed by atoms with van der Waals surface area (Å²) in [6.45, 7) is 4.77. The Morgan fingerprint density at radius 2 is 0.984 bits per heavy atom. The molecule has 0 saturated heterocycles. The summed E-state index contributed by atoms with van der Waals surface area (Å²) in [5, 5.41) is 0. The molecule has 7 aromatic rings. The molecule has 0 unspecified atom stereocenters. The molecule has 0 aromatic heterocycles. The lowest BCUT2D eigenvalue weighted by atomic mass is 9.82. The first-order chi connectivity index (χ1) is 30.5. The zero-order valence-electron chi connectivity index (χ0n) is 36.9. The fourth-order valence-electron chi connectivity index (χ4n) is 12.0. The van der Waals surface area contributed by atoms with Crippen molar-refractivity contribution in [3.8, 4) is 44.5 Å². The van der Waals surface area contributed by atoms with Crippen molar-refractivity contribution < 1.29 is 0 Å². The molecule has 2 saturated carbocycles. The summed E-state index contributed by atoms with van der Waals surface area (Å²) >= 11 is 0. The van der Waals surface area contributed by atoms with E-state index in [-0.39, 0.29) is 5.41 Å². The molecular formula is C61H61N. The molecule has 0 aliphatic heterocycles. The van der Waals surface area contributed by atoms with Gasteiger partial charge in [-0.2, -0.15) is 0 Å². The second kappa shape index (κ2) is 16.6. The molecule has 0 N–H and O–H groups in total. The van der Waals surface area contributed by atoms with Crippen LogP contribution in [0, 0.1) is 0 Å². The smallest absolute Gasteiger partial charge is 0.0465 e. The topological polar surface area (TPSA) is 3.24 Å². The van der Waals surface area contributed by atoms with Gasteiger partial charge < -0.3 is 4.90 Å². The summed E-state index contributed by atoms with van der Waals surface area (Å²) in [6, 6.07) is 59.0. The van der Waals surface area contributed by atoms with Crippen molar-refractivity contribution in [2.45, 2.75) is 121 Å². The molecule has 7 aromatic carbocycles. The maximum Gasteiger partial charge on any atom is 0.0465 e. The molecule has 1 heteroatoms. The highest BCUT2D eigenvalue weighted by atomic mass is 15.1. The van der Waals surface area contributed by atoms with Crippen LogP contribution in [0.3, 0.4) is 0 Å². The number of anilines is 3. The van der Waals surface area contributed by atoms with Gasteiger partial charge in [-0.15, -0.1) is 0 Å². The highest BCUT2D eigenvalue weighted by Gasteiger charge is 2.36. The molecule has 0 bridgehead atoms. The first kappa shape index (κ1) is 39.2. The highest BCUT2D eigenvalue weighted by molar-refractivity contribution is 5.87. The Kier molecular flexibility index (Phi) is 10.5. The van der Waals surface area contributed by atoms with Crippen LogP contribution in [0.2, 0.25) is 0 Å². The van der Waals surface area contributed by atoms with Crippen LogP contribution >= 0.6 is 0 Å². The third-order valence-electron chi connectivity index (χ3n) is 15.5. The first-order valence-corrected chi connectivity index (χ1v) is 24.1. The highest BCUT2D eigenvalue weighted by Crippen LogP contribution is 2.51. The van der Waals surface area contributed by atoms with Crippen molar-refractivity contribution in [2.75, 3.05) is 4.90 Å². The maximum atomic E-state index is 2.51. The summed E-state index contributed by atoms with van der Waals surface area (Å²) in [5.41, 5.74) is 23.1. The van der Waals surface area contributed by atoms with Crippen molar-refractivity contribution in [3.63, 3.8) is 0 Å². The van der Waals surface area contributed by atoms with Crippen LogP contribution in [0.15, 0.2) is 152 Å². The number of aryl methyl sites for hydroxylation is 1. The van der Waals surface area contributed by atoms with Gasteiger partial charge in [0.15, 0.2) is 0 Å². The molecule has 1 nitrogen and oxygen atoms in total. The predicted octanol–water partition coefficient (Wildman–Crippen LogP) is 17.4. The summed E-state index contributed by atoms with van der Waals surface area (Å²) < 4.78 is 0. The molecule has 310 valence electrons. The number of hydrogen-bond donors (Lipinski definition) is 0. The lowest BCUT2D eigenvalue weighted by Gasteiger charge is -2.28. The van der Waals surface area contributed by atoms with Crippen LogP contribution < -0.4 is 4.90 Å². The van der Waals surface area contributed by atoms with Gasteiger partial charge in [-0.25, -0.2) is 0 Å². The number of fused-ring (bicyclic) bond motifs is 4. The first-order valence-electron chi connectivity index (χ1n) is 24.1. The predicted molar refractivity (Wildman–Crippen MR) is 263 cm³/mol. The van der Waals surface area contributed by atoms with Crippen LogP contribution in [0.5, 0.6) is 0 Å². The van der Waals surface area contributed by atoms with E-state index in [9.17, 15) is 0 Å². The minimum absolute atomic E-state index is 0.0784. The fourth-order valence-corrected chi connectivity index (χ4v) is 12.0. The molecule has 0 spiro atoms. The van der Waals surface area contributed by atoms with Gasteiger partial charge in [0.25, 0.3) is 0 Å². The second-order valence-corrected chi connectivity index (χ2v) is 19.6. The largest absolute Gasteiger partial charge is 0.310 e. The minimum Gasteiger partial charge on any atom is -0.310 e. The number of rotatable bonds is 8. The third-order valence-corrected chi connectivity index (χ3v) is 15.5. The molecule has 11 rings (SSSR count). The normalized spacial score (nSPS) is 17.3. The summed E-state index contributed by atoms with van der Waals surface area (Å²) in [6.07, 6.45) is 18.4. The zero-order valence-corrected chi connectivity index (χ0v) is 36.9. The van der Waals surface area contributed by atoms with Crippen LogP contribution in [-0.2, 0) is 18.3 Å². The lowest BCUT2D eigenvalue weighted by Crippen LogP contribution is -2.16. The molecule has 0 radical (unpaired) electrons. The van der Waals surface area contributed by atoms with Gasteiger partial charge in [-0.05, 0) is 184 Å². The fraction of sp³-hybridized carbons (Fsp3) is 0.311. The van der Waals surface area contributed by atoms with Gasteiger partial charge in [0.1, 0.15) is 0 Å². The molecule has 2 fully saturated rings. The number of benzene rings is 7. The molecule has 0 heterocycles. The lowest BCUT2D eigenvalue weighted by molar-refractivity contribution is 0.443. The van der Waals surface area contributed by atoms with Crippen LogP contribution in [-0.4, -0.2) is 0 Å². The number of hydrogen-bond acceptors (Lipinski definition) is 1. The maximum absolute atomic E-state index is 2.51. The van der Waals surface area contributed by atoms with E-state index in [4.69, 9.17) is 0 Å². The summed E-state index contributed by atoms with van der Waals surface area (Å²) in [4.78, 5) is 2.48. The molecule has 0 amide bonds. The van der Waals surface area contributed by atoms with Crippen molar-refractivity contribution in [1.82, 2.24) is 0 Å². The summed E-state index contributed by atoms with van der Waals surface area (Å²) in [5.74, 6) is 1.43.